The molecule has 1 aliphatic heterocycles. The van der Waals surface area contributed by atoms with Crippen molar-refractivity contribution in [3.05, 3.63) is 65.1 Å². The molecule has 32 heavy (non-hydrogen) atoms. The number of ether oxygens (including phenoxy) is 2. The molecular formula is C22H16I2N2O5S. The van der Waals surface area contributed by atoms with E-state index in [0.29, 0.717) is 16.9 Å². The minimum absolute atomic E-state index is 0.169. The Kier molecular flexibility index (Phi) is 8.18. The molecule has 1 fully saturated rings. The first kappa shape index (κ1) is 24.5. The first-order chi connectivity index (χ1) is 15.3. The maximum Gasteiger partial charge on any atom is 0.328 e. The van der Waals surface area contributed by atoms with Gasteiger partial charge < -0.3 is 9.47 Å². The molecule has 1 aliphatic rings. The highest BCUT2D eigenvalue weighted by Crippen LogP contribution is 2.37. The molecule has 1 saturated heterocycles. The third-order valence-corrected chi connectivity index (χ3v) is 6.89. The van der Waals surface area contributed by atoms with Gasteiger partial charge in [-0.2, -0.15) is 5.26 Å². The summed E-state index contributed by atoms with van der Waals surface area (Å²) in [5.74, 6) is -0.698. The number of imide groups is 1. The van der Waals surface area contributed by atoms with Crippen molar-refractivity contribution in [2.75, 3.05) is 7.11 Å². The quantitative estimate of drug-likeness (QED) is 0.243. The Bertz CT molecular complexity index is 1180. The summed E-state index contributed by atoms with van der Waals surface area (Å²) in [4.78, 5) is 38.2. The van der Waals surface area contributed by atoms with E-state index in [1.54, 1.807) is 18.2 Å². The first-order valence-corrected chi connectivity index (χ1v) is 12.2. The van der Waals surface area contributed by atoms with Gasteiger partial charge in [-0.3, -0.25) is 14.5 Å². The second-order valence-electron chi connectivity index (χ2n) is 6.61. The predicted octanol–water partition coefficient (Wildman–Crippen LogP) is 4.94. The minimum atomic E-state index is -1.02. The number of thioether (sulfide) groups is 1. The number of amides is 2. The number of esters is 1. The molecule has 0 spiro atoms. The largest absolute Gasteiger partial charge is 0.487 e. The van der Waals surface area contributed by atoms with Gasteiger partial charge >= 0.3 is 5.97 Å². The third kappa shape index (κ3) is 5.26. The molecule has 3 rings (SSSR count). The summed E-state index contributed by atoms with van der Waals surface area (Å²) in [6.07, 6.45) is 1.59. The maximum absolute atomic E-state index is 12.9. The lowest BCUT2D eigenvalue weighted by atomic mass is 10.1. The van der Waals surface area contributed by atoms with Crippen LogP contribution in [0.4, 0.5) is 4.79 Å². The van der Waals surface area contributed by atoms with Crippen LogP contribution in [0.25, 0.3) is 6.08 Å². The van der Waals surface area contributed by atoms with Gasteiger partial charge in [0.25, 0.3) is 11.1 Å². The van der Waals surface area contributed by atoms with Crippen LogP contribution in [-0.2, 0) is 20.9 Å². The topological polar surface area (TPSA) is 96.7 Å². The molecule has 1 heterocycles. The van der Waals surface area contributed by atoms with Gasteiger partial charge in [-0.15, -0.1) is 0 Å². The Morgan fingerprint density at radius 1 is 1.28 bits per heavy atom. The second kappa shape index (κ2) is 10.7. The van der Waals surface area contributed by atoms with Crippen molar-refractivity contribution in [2.24, 2.45) is 0 Å². The van der Waals surface area contributed by atoms with E-state index in [1.165, 1.54) is 14.0 Å². The van der Waals surface area contributed by atoms with Crippen LogP contribution < -0.4 is 4.74 Å². The molecule has 0 saturated carbocycles. The summed E-state index contributed by atoms with van der Waals surface area (Å²) in [6, 6.07) is 12.0. The van der Waals surface area contributed by atoms with Crippen molar-refractivity contribution in [1.29, 1.82) is 5.26 Å². The average molecular weight is 674 g/mol. The van der Waals surface area contributed by atoms with Crippen LogP contribution in [0.5, 0.6) is 5.75 Å². The number of halogens is 2. The number of hydrogen-bond acceptors (Lipinski definition) is 7. The Hall–Kier alpha value is -2.11. The highest BCUT2D eigenvalue weighted by molar-refractivity contribution is 14.1. The Morgan fingerprint density at radius 2 is 2.00 bits per heavy atom. The molecule has 0 radical (unpaired) electrons. The Labute approximate surface area is 216 Å². The fourth-order valence-electron chi connectivity index (χ4n) is 2.98. The van der Waals surface area contributed by atoms with E-state index in [4.69, 9.17) is 4.74 Å². The Balaban J connectivity index is 1.94. The third-order valence-electron chi connectivity index (χ3n) is 4.59. The highest BCUT2D eigenvalue weighted by Gasteiger charge is 2.41. The fourth-order valence-corrected chi connectivity index (χ4v) is 5.92. The molecule has 0 unspecified atom stereocenters. The number of nitriles is 1. The molecule has 0 aliphatic carbocycles. The van der Waals surface area contributed by atoms with E-state index in [2.05, 4.69) is 56.0 Å². The van der Waals surface area contributed by atoms with Crippen LogP contribution >= 0.6 is 56.9 Å². The smallest absolute Gasteiger partial charge is 0.328 e. The minimum Gasteiger partial charge on any atom is -0.487 e. The van der Waals surface area contributed by atoms with Crippen molar-refractivity contribution in [3.8, 4) is 11.8 Å². The van der Waals surface area contributed by atoms with Crippen molar-refractivity contribution < 1.29 is 23.9 Å². The van der Waals surface area contributed by atoms with Gasteiger partial charge in [0.1, 0.15) is 18.4 Å². The van der Waals surface area contributed by atoms with Gasteiger partial charge in [0.2, 0.25) is 0 Å². The zero-order valence-electron chi connectivity index (χ0n) is 16.9. The zero-order valence-corrected chi connectivity index (χ0v) is 22.1. The summed E-state index contributed by atoms with van der Waals surface area (Å²) in [5, 5.41) is 8.77. The lowest BCUT2D eigenvalue weighted by molar-refractivity contribution is -0.148. The van der Waals surface area contributed by atoms with E-state index in [-0.39, 0.29) is 11.5 Å². The molecule has 164 valence electrons. The maximum atomic E-state index is 12.9. The van der Waals surface area contributed by atoms with Crippen molar-refractivity contribution >= 4 is 80.1 Å². The van der Waals surface area contributed by atoms with Gasteiger partial charge in [-0.1, -0.05) is 18.2 Å². The van der Waals surface area contributed by atoms with Gasteiger partial charge in [-0.05, 0) is 88.1 Å². The summed E-state index contributed by atoms with van der Waals surface area (Å²) in [5.41, 5.74) is 1.88. The number of hydrogen-bond donors (Lipinski definition) is 0. The normalized spacial score (nSPS) is 15.6. The molecule has 2 amide bonds. The Morgan fingerprint density at radius 3 is 2.69 bits per heavy atom. The summed E-state index contributed by atoms with van der Waals surface area (Å²) < 4.78 is 12.5. The molecule has 2 aromatic rings. The number of nitrogens with zero attached hydrogens (tertiary/aromatic N) is 2. The molecular weight excluding hydrogens is 658 g/mol. The average Bonchev–Trinajstić information content (AvgIpc) is 3.04. The fraction of sp³-hybridized carbons (Fsp3) is 0.182. The summed E-state index contributed by atoms with van der Waals surface area (Å²) in [6.45, 7) is 1.61. The molecule has 10 heteroatoms. The number of rotatable bonds is 6. The van der Waals surface area contributed by atoms with Crippen molar-refractivity contribution in [2.45, 2.75) is 19.6 Å². The lowest BCUT2D eigenvalue weighted by Crippen LogP contribution is -2.42. The van der Waals surface area contributed by atoms with Crippen LogP contribution in [0.1, 0.15) is 23.6 Å². The van der Waals surface area contributed by atoms with Gasteiger partial charge in [0.05, 0.1) is 27.2 Å². The van der Waals surface area contributed by atoms with Crippen LogP contribution in [0.15, 0.2) is 41.3 Å². The second-order valence-corrected chi connectivity index (χ2v) is 10.0. The monoisotopic (exact) mass is 674 g/mol. The van der Waals surface area contributed by atoms with Crippen LogP contribution in [0.2, 0.25) is 0 Å². The lowest BCUT2D eigenvalue weighted by Gasteiger charge is -2.18. The summed E-state index contributed by atoms with van der Waals surface area (Å²) in [7, 11) is 1.20. The molecule has 1 atom stereocenters. The van der Waals surface area contributed by atoms with E-state index in [9.17, 15) is 19.6 Å². The molecule has 0 aromatic heterocycles. The number of carbonyl (C=O) groups is 3. The SMILES string of the molecule is COC(=O)[C@@H](C)N1C(=O)S/C(=C/c2cc(I)cc(I)c2OCc2ccccc2C#N)C1=O. The van der Waals surface area contributed by atoms with E-state index < -0.39 is 23.2 Å². The number of methoxy groups -OCH3 is 1. The molecule has 0 bridgehead atoms. The first-order valence-electron chi connectivity index (χ1n) is 9.21. The predicted molar refractivity (Wildman–Crippen MR) is 137 cm³/mol. The van der Waals surface area contributed by atoms with Crippen LogP contribution in [0, 0.1) is 18.5 Å². The standard InChI is InChI=1S/C22H16I2N2O5S/c1-12(21(28)30-2)26-20(27)18(32-22(26)29)8-15-7-16(23)9-17(24)19(15)31-11-14-6-4-3-5-13(14)10-25/h3-9,12H,11H2,1-2H3/b18-8+/t12-/m1/s1. The number of benzene rings is 2. The van der Waals surface area contributed by atoms with E-state index in [0.717, 1.165) is 29.4 Å². The van der Waals surface area contributed by atoms with Crippen molar-refractivity contribution in [3.63, 3.8) is 0 Å². The molecule has 0 N–H and O–H groups in total. The van der Waals surface area contributed by atoms with Crippen molar-refractivity contribution in [1.82, 2.24) is 4.90 Å². The molecule has 2 aromatic carbocycles. The van der Waals surface area contributed by atoms with E-state index in [1.807, 2.05) is 24.3 Å². The molecule has 7 nitrogen and oxygen atoms in total. The van der Waals surface area contributed by atoms with E-state index >= 15 is 0 Å². The summed E-state index contributed by atoms with van der Waals surface area (Å²) >= 11 is 5.06. The van der Waals surface area contributed by atoms with Gasteiger partial charge in [-0.25, -0.2) is 4.79 Å². The van der Waals surface area contributed by atoms with Crippen LogP contribution in [0.3, 0.4) is 0 Å². The van der Waals surface area contributed by atoms with Gasteiger partial charge in [0.15, 0.2) is 0 Å². The highest BCUT2D eigenvalue weighted by atomic mass is 127. The zero-order chi connectivity index (χ0) is 23.4. The van der Waals surface area contributed by atoms with Gasteiger partial charge in [0, 0.05) is 14.7 Å². The number of carbonyl (C=O) groups excluding carboxylic acids is 3. The van der Waals surface area contributed by atoms with Crippen LogP contribution in [-0.4, -0.2) is 35.2 Å².